The van der Waals surface area contributed by atoms with Gasteiger partial charge in [0.05, 0.1) is 17.1 Å². The molecule has 0 N–H and O–H groups in total. The SMILES string of the molecule is C=C(C)c1ccccc1.C=C(c1ccccc1)N(C)C(C)c1ccc2c(c1)C(C)(C)c1c-2ccc2c1ccc1c3cccc4c5c(n(c43)c21)=CCCC=5.CC.CC. The fourth-order valence-electron chi connectivity index (χ4n) is 9.16. The van der Waals surface area contributed by atoms with Crippen molar-refractivity contribution in [1.82, 2.24) is 9.30 Å². The molecule has 0 aliphatic heterocycles. The lowest BCUT2D eigenvalue weighted by atomic mass is 9.79. The molecular weight excluding hydrogens is 689 g/mol. The molecule has 8 aromatic rings. The summed E-state index contributed by atoms with van der Waals surface area (Å²) in [6.45, 7) is 25.4. The summed E-state index contributed by atoms with van der Waals surface area (Å²) >= 11 is 0. The van der Waals surface area contributed by atoms with Gasteiger partial charge < -0.3 is 9.30 Å². The van der Waals surface area contributed by atoms with E-state index >= 15 is 0 Å². The van der Waals surface area contributed by atoms with Gasteiger partial charge in [-0.2, -0.15) is 0 Å². The average molecular weight is 747 g/mol. The number of fused-ring (bicyclic) bond motifs is 12. The Labute approximate surface area is 340 Å². The second-order valence-corrected chi connectivity index (χ2v) is 15.5. The zero-order valence-electron chi connectivity index (χ0n) is 35.5. The number of aromatic nitrogens is 1. The summed E-state index contributed by atoms with van der Waals surface area (Å²) in [6.07, 6.45) is 7.11. The highest BCUT2D eigenvalue weighted by molar-refractivity contribution is 6.22. The minimum atomic E-state index is -0.125. The van der Waals surface area contributed by atoms with E-state index in [2.05, 4.69) is 166 Å². The number of benzene rings is 6. The number of hydrogen-bond donors (Lipinski definition) is 0. The molecule has 1 atom stereocenters. The lowest BCUT2D eigenvalue weighted by molar-refractivity contribution is 0.382. The molecule has 0 spiro atoms. The molecule has 0 bridgehead atoms. The van der Waals surface area contributed by atoms with Crippen molar-refractivity contribution in [3.63, 3.8) is 0 Å². The first-order valence-electron chi connectivity index (χ1n) is 20.9. The van der Waals surface area contributed by atoms with E-state index < -0.39 is 0 Å². The van der Waals surface area contributed by atoms with Gasteiger partial charge in [0.25, 0.3) is 0 Å². The quantitative estimate of drug-likeness (QED) is 0.170. The monoisotopic (exact) mass is 746 g/mol. The Balaban J connectivity index is 0.000000333. The van der Waals surface area contributed by atoms with Crippen LogP contribution in [0.4, 0.5) is 0 Å². The molecule has 0 saturated carbocycles. The first kappa shape index (κ1) is 39.4. The predicted molar refractivity (Wildman–Crippen MR) is 252 cm³/mol. The molecule has 2 aliphatic rings. The van der Waals surface area contributed by atoms with Crippen molar-refractivity contribution in [2.45, 2.75) is 79.7 Å². The normalized spacial score (nSPS) is 13.7. The molecule has 2 aromatic heterocycles. The lowest BCUT2D eigenvalue weighted by Gasteiger charge is -2.30. The first-order chi connectivity index (χ1) is 27.7. The van der Waals surface area contributed by atoms with Gasteiger partial charge in [-0.3, -0.25) is 0 Å². The Hall–Kier alpha value is -5.86. The maximum atomic E-state index is 4.44. The number of rotatable bonds is 5. The van der Waals surface area contributed by atoms with Crippen LogP contribution in [0.1, 0.15) is 102 Å². The van der Waals surface area contributed by atoms with Crippen molar-refractivity contribution < 1.29 is 0 Å². The Bertz CT molecular complexity index is 2870. The lowest BCUT2D eigenvalue weighted by Crippen LogP contribution is -2.27. The summed E-state index contributed by atoms with van der Waals surface area (Å²) in [5.74, 6) is 0. The number of allylic oxidation sites excluding steroid dienone is 1. The molecule has 0 radical (unpaired) electrons. The van der Waals surface area contributed by atoms with E-state index in [-0.39, 0.29) is 11.5 Å². The van der Waals surface area contributed by atoms with Crippen LogP contribution in [-0.4, -0.2) is 16.3 Å². The van der Waals surface area contributed by atoms with Gasteiger partial charge in [0.2, 0.25) is 0 Å². The molecule has 2 heteroatoms. The maximum absolute atomic E-state index is 4.44. The van der Waals surface area contributed by atoms with Crippen molar-refractivity contribution in [2.24, 2.45) is 0 Å². The highest BCUT2D eigenvalue weighted by Crippen LogP contribution is 2.53. The highest BCUT2D eigenvalue weighted by atomic mass is 15.1. The van der Waals surface area contributed by atoms with E-state index in [0.29, 0.717) is 0 Å². The summed E-state index contributed by atoms with van der Waals surface area (Å²) in [5, 5.41) is 9.59. The predicted octanol–water partition coefficient (Wildman–Crippen LogP) is 13.9. The molecule has 2 nitrogen and oxygen atoms in total. The Kier molecular flexibility index (Phi) is 11.0. The van der Waals surface area contributed by atoms with E-state index in [1.165, 1.54) is 81.9 Å². The second-order valence-electron chi connectivity index (χ2n) is 15.5. The van der Waals surface area contributed by atoms with Gasteiger partial charge >= 0.3 is 0 Å². The smallest absolute Gasteiger partial charge is 0.0620 e. The zero-order chi connectivity index (χ0) is 40.6. The zero-order valence-corrected chi connectivity index (χ0v) is 35.5. The summed E-state index contributed by atoms with van der Waals surface area (Å²) in [4.78, 5) is 2.30. The van der Waals surface area contributed by atoms with Crippen LogP contribution in [-0.2, 0) is 5.41 Å². The molecular formula is C55H58N2. The van der Waals surface area contributed by atoms with E-state index in [0.717, 1.165) is 29.7 Å². The third-order valence-corrected chi connectivity index (χ3v) is 12.1. The Morgan fingerprint density at radius 2 is 1.18 bits per heavy atom. The van der Waals surface area contributed by atoms with Crippen molar-refractivity contribution in [3.8, 4) is 11.1 Å². The van der Waals surface area contributed by atoms with Gasteiger partial charge in [0, 0.05) is 50.3 Å². The highest BCUT2D eigenvalue weighted by Gasteiger charge is 2.38. The molecule has 1 unspecified atom stereocenters. The largest absolute Gasteiger partial charge is 0.368 e. The van der Waals surface area contributed by atoms with Crippen molar-refractivity contribution in [2.75, 3.05) is 7.05 Å². The molecule has 6 aromatic carbocycles. The van der Waals surface area contributed by atoms with Gasteiger partial charge in [0.15, 0.2) is 0 Å². The fourth-order valence-corrected chi connectivity index (χ4v) is 9.16. The average Bonchev–Trinajstić information content (AvgIpc) is 3.87. The topological polar surface area (TPSA) is 7.65 Å². The molecule has 0 saturated heterocycles. The van der Waals surface area contributed by atoms with Gasteiger partial charge in [0.1, 0.15) is 0 Å². The van der Waals surface area contributed by atoms with Gasteiger partial charge in [-0.25, -0.2) is 0 Å². The Morgan fingerprint density at radius 1 is 0.632 bits per heavy atom. The molecule has 288 valence electrons. The van der Waals surface area contributed by atoms with Crippen LogP contribution in [0.15, 0.2) is 134 Å². The van der Waals surface area contributed by atoms with Crippen LogP contribution in [0.5, 0.6) is 0 Å². The molecule has 57 heavy (non-hydrogen) atoms. The van der Waals surface area contributed by atoms with Crippen LogP contribution >= 0.6 is 0 Å². The Morgan fingerprint density at radius 3 is 1.84 bits per heavy atom. The molecule has 0 amide bonds. The number of nitrogens with zero attached hydrogens (tertiary/aromatic N) is 2. The third-order valence-electron chi connectivity index (χ3n) is 12.1. The summed E-state index contributed by atoms with van der Waals surface area (Å²) in [7, 11) is 2.16. The summed E-state index contributed by atoms with van der Waals surface area (Å²) < 4.78 is 2.57. The van der Waals surface area contributed by atoms with Gasteiger partial charge in [-0.15, -0.1) is 0 Å². The molecule has 2 aliphatic carbocycles. The van der Waals surface area contributed by atoms with E-state index in [1.807, 2.05) is 52.8 Å². The van der Waals surface area contributed by atoms with Crippen LogP contribution in [0.3, 0.4) is 0 Å². The number of para-hydroxylation sites is 1. The summed E-state index contributed by atoms with van der Waals surface area (Å²) in [5.41, 5.74) is 14.1. The van der Waals surface area contributed by atoms with Crippen molar-refractivity contribution in [3.05, 3.63) is 173 Å². The van der Waals surface area contributed by atoms with E-state index in [4.69, 9.17) is 0 Å². The first-order valence-corrected chi connectivity index (χ1v) is 20.9. The van der Waals surface area contributed by atoms with E-state index in [9.17, 15) is 0 Å². The minimum Gasteiger partial charge on any atom is -0.368 e. The maximum Gasteiger partial charge on any atom is 0.0620 e. The van der Waals surface area contributed by atoms with Gasteiger partial charge in [-0.1, -0.05) is 194 Å². The van der Waals surface area contributed by atoms with Crippen molar-refractivity contribution >= 4 is 61.4 Å². The molecule has 2 heterocycles. The van der Waals surface area contributed by atoms with Gasteiger partial charge in [-0.05, 0) is 71.0 Å². The molecule has 10 rings (SSSR count). The van der Waals surface area contributed by atoms with Crippen LogP contribution < -0.4 is 10.6 Å². The molecule has 0 fully saturated rings. The van der Waals surface area contributed by atoms with Crippen LogP contribution in [0.2, 0.25) is 0 Å². The number of hydrogen-bond acceptors (Lipinski definition) is 1. The summed E-state index contributed by atoms with van der Waals surface area (Å²) in [6, 6.07) is 44.4. The van der Waals surface area contributed by atoms with E-state index in [1.54, 1.807) is 0 Å². The standard InChI is InChI=1S/C42H36N2.C9H10.2C2H6/c1-25(27-12-7-6-8-13-27)43(5)26(2)28-18-19-29-31-20-22-35-32(39(31)42(3,4)37(29)24-28)21-23-36-34-16-11-15-33-30-14-9-10-17-38(30)44(40(33)34)41(35)36;1-8(2)9-6-4-3-5-7-9;2*1-2/h6-8,11-24,26H,1,9-10H2,2-5H3;3-7H,1H2,2H3;2*1-2H3. The minimum absolute atomic E-state index is 0.125. The fraction of sp³-hybridized carbons (Fsp3) is 0.236. The third kappa shape index (κ3) is 6.46. The second kappa shape index (κ2) is 15.9. The van der Waals surface area contributed by atoms with Crippen LogP contribution in [0, 0.1) is 0 Å². The van der Waals surface area contributed by atoms with Crippen molar-refractivity contribution in [1.29, 1.82) is 0 Å². The van der Waals surface area contributed by atoms with Crippen LogP contribution in [0.25, 0.3) is 72.5 Å².